The summed E-state index contributed by atoms with van der Waals surface area (Å²) in [4.78, 5) is 1.95. The van der Waals surface area contributed by atoms with Crippen LogP contribution in [-0.2, 0) is 0 Å². The molecule has 2 rings (SSSR count). The minimum absolute atomic E-state index is 0.338. The molecule has 0 saturated carbocycles. The van der Waals surface area contributed by atoms with E-state index in [1.165, 1.54) is 0 Å². The Bertz CT molecular complexity index is 379. The number of benzene rings is 1. The van der Waals surface area contributed by atoms with E-state index in [2.05, 4.69) is 0 Å². The van der Waals surface area contributed by atoms with E-state index in [1.54, 1.807) is 6.20 Å². The smallest absolute Gasteiger partial charge is 0.138 e. The van der Waals surface area contributed by atoms with Crippen LogP contribution >= 0.6 is 0 Å². The summed E-state index contributed by atoms with van der Waals surface area (Å²) in [6, 6.07) is 9.92. The number of aliphatic hydroxyl groups excluding tert-OH is 1. The van der Waals surface area contributed by atoms with Gasteiger partial charge in [-0.1, -0.05) is 36.4 Å². The van der Waals surface area contributed by atoms with Gasteiger partial charge in [0, 0.05) is 25.4 Å². The number of aliphatic hydroxyl groups is 1. The van der Waals surface area contributed by atoms with Gasteiger partial charge < -0.3 is 10.0 Å². The lowest BCUT2D eigenvalue weighted by Gasteiger charge is -2.19. The fraction of sp³-hybridized carbons (Fsp3) is 0.167. The Hall–Kier alpha value is -1.70. The second kappa shape index (κ2) is 3.58. The van der Waals surface area contributed by atoms with Gasteiger partial charge in [-0.25, -0.2) is 0 Å². The minimum Gasteiger partial charge on any atom is -0.506 e. The molecule has 0 aromatic heterocycles. The second-order valence-electron chi connectivity index (χ2n) is 3.44. The molecule has 0 aliphatic carbocycles. The Morgan fingerprint density at radius 2 is 1.93 bits per heavy atom. The molecular formula is C12H13NO. The maximum atomic E-state index is 9.74. The van der Waals surface area contributed by atoms with Gasteiger partial charge >= 0.3 is 0 Å². The topological polar surface area (TPSA) is 23.5 Å². The lowest BCUT2D eigenvalue weighted by Crippen LogP contribution is -2.16. The van der Waals surface area contributed by atoms with Crippen molar-refractivity contribution in [2.75, 3.05) is 13.6 Å². The van der Waals surface area contributed by atoms with Crippen LogP contribution in [0.3, 0.4) is 0 Å². The van der Waals surface area contributed by atoms with Crippen LogP contribution in [0.1, 0.15) is 5.56 Å². The molecule has 0 fully saturated rings. The van der Waals surface area contributed by atoms with E-state index in [-0.39, 0.29) is 0 Å². The quantitative estimate of drug-likeness (QED) is 0.729. The first kappa shape index (κ1) is 8.88. The maximum absolute atomic E-state index is 9.74. The fourth-order valence-electron chi connectivity index (χ4n) is 1.55. The highest BCUT2D eigenvalue weighted by molar-refractivity contribution is 5.77. The van der Waals surface area contributed by atoms with Crippen LogP contribution in [-0.4, -0.2) is 23.6 Å². The summed E-state index contributed by atoms with van der Waals surface area (Å²) in [7, 11) is 1.94. The summed E-state index contributed by atoms with van der Waals surface area (Å²) >= 11 is 0. The molecule has 0 radical (unpaired) electrons. The zero-order chi connectivity index (χ0) is 9.97. The van der Waals surface area contributed by atoms with Gasteiger partial charge in [0.15, 0.2) is 0 Å². The maximum Gasteiger partial charge on any atom is 0.138 e. The molecule has 1 aromatic carbocycles. The molecule has 0 saturated heterocycles. The Morgan fingerprint density at radius 1 is 1.21 bits per heavy atom. The molecule has 0 amide bonds. The van der Waals surface area contributed by atoms with Gasteiger partial charge in [-0.05, 0) is 5.56 Å². The largest absolute Gasteiger partial charge is 0.506 e. The number of likely N-dealkylation sites (N-methyl/N-ethyl adjacent to an activating group) is 1. The Kier molecular flexibility index (Phi) is 2.27. The van der Waals surface area contributed by atoms with Gasteiger partial charge in [-0.3, -0.25) is 0 Å². The van der Waals surface area contributed by atoms with Crippen LogP contribution in [0.2, 0.25) is 0 Å². The highest BCUT2D eigenvalue weighted by Gasteiger charge is 2.10. The van der Waals surface area contributed by atoms with Gasteiger partial charge in [0.05, 0.1) is 0 Å². The normalized spacial score (nSPS) is 16.2. The summed E-state index contributed by atoms with van der Waals surface area (Å²) in [5.74, 6) is 0.338. The fourth-order valence-corrected chi connectivity index (χ4v) is 1.55. The third kappa shape index (κ3) is 1.64. The number of nitrogens with zero attached hydrogens (tertiary/aromatic N) is 1. The van der Waals surface area contributed by atoms with Crippen molar-refractivity contribution in [3.63, 3.8) is 0 Å². The molecule has 1 aliphatic rings. The summed E-state index contributed by atoms with van der Waals surface area (Å²) in [5.41, 5.74) is 1.98. The Labute approximate surface area is 83.8 Å². The molecule has 2 heteroatoms. The average molecular weight is 187 g/mol. The van der Waals surface area contributed by atoms with Gasteiger partial charge in [0.2, 0.25) is 0 Å². The van der Waals surface area contributed by atoms with E-state index >= 15 is 0 Å². The van der Waals surface area contributed by atoms with Gasteiger partial charge in [-0.2, -0.15) is 0 Å². The lowest BCUT2D eigenvalue weighted by molar-refractivity contribution is 0.395. The van der Waals surface area contributed by atoms with Crippen LogP contribution in [0, 0.1) is 0 Å². The number of rotatable bonds is 1. The van der Waals surface area contributed by atoms with E-state index in [0.29, 0.717) is 5.76 Å². The molecule has 72 valence electrons. The van der Waals surface area contributed by atoms with Crippen LogP contribution in [0.15, 0.2) is 48.4 Å². The molecule has 0 bridgehead atoms. The first-order valence-corrected chi connectivity index (χ1v) is 4.64. The molecule has 1 N–H and O–H groups in total. The molecule has 1 aromatic rings. The van der Waals surface area contributed by atoms with E-state index in [1.807, 2.05) is 48.4 Å². The third-order valence-electron chi connectivity index (χ3n) is 2.29. The van der Waals surface area contributed by atoms with Crippen LogP contribution in [0.5, 0.6) is 0 Å². The van der Waals surface area contributed by atoms with Crippen LogP contribution in [0.25, 0.3) is 5.57 Å². The van der Waals surface area contributed by atoms with Crippen LogP contribution in [0.4, 0.5) is 0 Å². The number of hydrogen-bond donors (Lipinski definition) is 1. The predicted molar refractivity (Wildman–Crippen MR) is 57.8 cm³/mol. The monoisotopic (exact) mass is 187 g/mol. The summed E-state index contributed by atoms with van der Waals surface area (Å²) < 4.78 is 0. The molecule has 1 heterocycles. The van der Waals surface area contributed by atoms with E-state index in [9.17, 15) is 5.11 Å². The molecule has 0 atom stereocenters. The standard InChI is InChI=1S/C12H13NO/c1-13-8-7-11(12(14)9-13)10-5-3-2-4-6-10/h2-7,9,14H,8H2,1H3. The van der Waals surface area contributed by atoms with Gasteiger partial charge in [0.25, 0.3) is 0 Å². The minimum atomic E-state index is 0.338. The average Bonchev–Trinajstić information content (AvgIpc) is 2.19. The predicted octanol–water partition coefficient (Wildman–Crippen LogP) is 2.41. The molecule has 0 spiro atoms. The van der Waals surface area contributed by atoms with Gasteiger partial charge in [0.1, 0.15) is 5.76 Å². The van der Waals surface area contributed by atoms with Crippen molar-refractivity contribution in [3.8, 4) is 0 Å². The zero-order valence-electron chi connectivity index (χ0n) is 8.14. The molecule has 1 aliphatic heterocycles. The first-order chi connectivity index (χ1) is 6.77. The molecule has 0 unspecified atom stereocenters. The molecule has 14 heavy (non-hydrogen) atoms. The summed E-state index contributed by atoms with van der Waals surface area (Å²) in [6.45, 7) is 0.842. The Morgan fingerprint density at radius 3 is 2.57 bits per heavy atom. The summed E-state index contributed by atoms with van der Waals surface area (Å²) in [5, 5.41) is 9.74. The van der Waals surface area contributed by atoms with Crippen molar-refractivity contribution in [2.24, 2.45) is 0 Å². The first-order valence-electron chi connectivity index (χ1n) is 4.64. The van der Waals surface area contributed by atoms with E-state index < -0.39 is 0 Å². The van der Waals surface area contributed by atoms with Gasteiger partial charge in [-0.15, -0.1) is 0 Å². The van der Waals surface area contributed by atoms with Crippen molar-refractivity contribution in [3.05, 3.63) is 53.9 Å². The van der Waals surface area contributed by atoms with Crippen LogP contribution < -0.4 is 0 Å². The summed E-state index contributed by atoms with van der Waals surface area (Å²) in [6.07, 6.45) is 3.78. The molecular weight excluding hydrogens is 174 g/mol. The van der Waals surface area contributed by atoms with E-state index in [0.717, 1.165) is 17.7 Å². The highest BCUT2D eigenvalue weighted by atomic mass is 16.3. The second-order valence-corrected chi connectivity index (χ2v) is 3.44. The van der Waals surface area contributed by atoms with Crippen molar-refractivity contribution < 1.29 is 5.11 Å². The lowest BCUT2D eigenvalue weighted by atomic mass is 10.0. The zero-order valence-corrected chi connectivity index (χ0v) is 8.14. The Balaban J connectivity index is 2.34. The number of allylic oxidation sites excluding steroid dienone is 1. The van der Waals surface area contributed by atoms with Crippen molar-refractivity contribution in [1.82, 2.24) is 4.90 Å². The SMILES string of the molecule is CN1C=C(O)C(c2ccccc2)=CC1. The number of hydrogen-bond acceptors (Lipinski definition) is 2. The van der Waals surface area contributed by atoms with Crippen molar-refractivity contribution >= 4 is 5.57 Å². The highest BCUT2D eigenvalue weighted by Crippen LogP contribution is 2.23. The van der Waals surface area contributed by atoms with E-state index in [4.69, 9.17) is 0 Å². The van der Waals surface area contributed by atoms with Crippen molar-refractivity contribution in [1.29, 1.82) is 0 Å². The van der Waals surface area contributed by atoms with Crippen molar-refractivity contribution in [2.45, 2.75) is 0 Å². The molecule has 2 nitrogen and oxygen atoms in total. The third-order valence-corrected chi connectivity index (χ3v) is 2.29.